The van der Waals surface area contributed by atoms with Gasteiger partial charge in [0.1, 0.15) is 0 Å². The van der Waals surface area contributed by atoms with E-state index in [9.17, 15) is 0 Å². The average Bonchev–Trinajstić information content (AvgIpc) is 2.31. The van der Waals surface area contributed by atoms with Crippen LogP contribution in [0.15, 0.2) is 42.5 Å². The SMILES string of the molecule is Clc1cccc(NCc2cccc(Cl)c2Cl)c1. The zero-order valence-electron chi connectivity index (χ0n) is 8.88. The van der Waals surface area contributed by atoms with Gasteiger partial charge in [-0.05, 0) is 29.8 Å². The van der Waals surface area contributed by atoms with Crippen molar-refractivity contribution in [2.45, 2.75) is 6.54 Å². The highest BCUT2D eigenvalue weighted by Gasteiger charge is 2.03. The fraction of sp³-hybridized carbons (Fsp3) is 0.0769. The molecule has 0 saturated heterocycles. The Morgan fingerprint density at radius 2 is 1.71 bits per heavy atom. The molecule has 2 aromatic rings. The molecule has 0 radical (unpaired) electrons. The van der Waals surface area contributed by atoms with Crippen molar-refractivity contribution in [1.29, 1.82) is 0 Å². The molecule has 0 unspecified atom stereocenters. The zero-order chi connectivity index (χ0) is 12.3. The molecule has 4 heteroatoms. The molecule has 17 heavy (non-hydrogen) atoms. The fourth-order valence-corrected chi connectivity index (χ4v) is 2.06. The predicted molar refractivity (Wildman–Crippen MR) is 75.2 cm³/mol. The van der Waals surface area contributed by atoms with E-state index >= 15 is 0 Å². The van der Waals surface area contributed by atoms with Gasteiger partial charge in [0.25, 0.3) is 0 Å². The lowest BCUT2D eigenvalue weighted by Crippen LogP contribution is -1.99. The van der Waals surface area contributed by atoms with Crippen LogP contribution in [0.4, 0.5) is 5.69 Å². The van der Waals surface area contributed by atoms with Gasteiger partial charge in [-0.15, -0.1) is 0 Å². The van der Waals surface area contributed by atoms with Crippen molar-refractivity contribution < 1.29 is 0 Å². The highest BCUT2D eigenvalue weighted by atomic mass is 35.5. The summed E-state index contributed by atoms with van der Waals surface area (Å²) in [4.78, 5) is 0. The van der Waals surface area contributed by atoms with E-state index in [1.54, 1.807) is 6.07 Å². The van der Waals surface area contributed by atoms with Gasteiger partial charge in [0, 0.05) is 17.3 Å². The first kappa shape index (κ1) is 12.6. The lowest BCUT2D eigenvalue weighted by atomic mass is 10.2. The maximum Gasteiger partial charge on any atom is 0.0642 e. The molecule has 0 spiro atoms. The summed E-state index contributed by atoms with van der Waals surface area (Å²) >= 11 is 17.9. The molecule has 0 heterocycles. The largest absolute Gasteiger partial charge is 0.381 e. The van der Waals surface area contributed by atoms with Crippen LogP contribution in [0, 0.1) is 0 Å². The minimum absolute atomic E-state index is 0.567. The molecule has 0 aliphatic rings. The number of hydrogen-bond acceptors (Lipinski definition) is 1. The van der Waals surface area contributed by atoms with Crippen LogP contribution in [0.25, 0.3) is 0 Å². The molecule has 88 valence electrons. The molecule has 0 saturated carbocycles. The first-order valence-corrected chi connectivity index (χ1v) is 6.22. The Morgan fingerprint density at radius 3 is 2.47 bits per heavy atom. The fourth-order valence-electron chi connectivity index (χ4n) is 1.48. The number of nitrogens with one attached hydrogen (secondary N) is 1. The molecule has 2 rings (SSSR count). The van der Waals surface area contributed by atoms with Crippen molar-refractivity contribution in [2.75, 3.05) is 5.32 Å². The van der Waals surface area contributed by atoms with Gasteiger partial charge in [-0.25, -0.2) is 0 Å². The predicted octanol–water partition coefficient (Wildman–Crippen LogP) is 5.26. The molecule has 0 atom stereocenters. The van der Waals surface area contributed by atoms with E-state index in [1.165, 1.54) is 0 Å². The van der Waals surface area contributed by atoms with E-state index in [2.05, 4.69) is 5.32 Å². The van der Waals surface area contributed by atoms with Crippen molar-refractivity contribution in [3.63, 3.8) is 0 Å². The van der Waals surface area contributed by atoms with Gasteiger partial charge in [0.05, 0.1) is 10.0 Å². The van der Waals surface area contributed by atoms with Gasteiger partial charge < -0.3 is 5.32 Å². The lowest BCUT2D eigenvalue weighted by molar-refractivity contribution is 1.15. The Bertz CT molecular complexity index is 526. The summed E-state index contributed by atoms with van der Waals surface area (Å²) in [6.45, 7) is 0.611. The maximum atomic E-state index is 6.09. The topological polar surface area (TPSA) is 12.0 Å². The third-order valence-corrected chi connectivity index (χ3v) is 3.43. The van der Waals surface area contributed by atoms with E-state index in [-0.39, 0.29) is 0 Å². The van der Waals surface area contributed by atoms with Crippen molar-refractivity contribution >= 4 is 40.5 Å². The standard InChI is InChI=1S/C13H10Cl3N/c14-10-4-2-5-11(7-10)17-8-9-3-1-6-12(15)13(9)16/h1-7,17H,8H2. The summed E-state index contributed by atoms with van der Waals surface area (Å²) in [5.41, 5.74) is 1.91. The smallest absolute Gasteiger partial charge is 0.0642 e. The van der Waals surface area contributed by atoms with Crippen molar-refractivity contribution in [3.05, 3.63) is 63.1 Å². The van der Waals surface area contributed by atoms with E-state index in [0.717, 1.165) is 11.3 Å². The van der Waals surface area contributed by atoms with E-state index in [1.807, 2.05) is 36.4 Å². The molecule has 1 N–H and O–H groups in total. The van der Waals surface area contributed by atoms with E-state index in [0.29, 0.717) is 21.6 Å². The summed E-state index contributed by atoms with van der Waals surface area (Å²) in [7, 11) is 0. The molecule has 2 aromatic carbocycles. The Balaban J connectivity index is 2.10. The molecule has 0 fully saturated rings. The summed E-state index contributed by atoms with van der Waals surface area (Å²) < 4.78 is 0. The van der Waals surface area contributed by atoms with Crippen molar-refractivity contribution in [3.8, 4) is 0 Å². The third-order valence-electron chi connectivity index (χ3n) is 2.34. The summed E-state index contributed by atoms with van der Waals surface area (Å²) in [6.07, 6.45) is 0. The molecule has 0 bridgehead atoms. The maximum absolute atomic E-state index is 6.09. The Hall–Kier alpha value is -0.890. The van der Waals surface area contributed by atoms with Gasteiger partial charge in [-0.2, -0.15) is 0 Å². The second-order valence-corrected chi connectivity index (χ2v) is 4.80. The van der Waals surface area contributed by atoms with Crippen LogP contribution < -0.4 is 5.32 Å². The first-order valence-electron chi connectivity index (χ1n) is 5.09. The second kappa shape index (κ2) is 5.63. The quantitative estimate of drug-likeness (QED) is 0.811. The van der Waals surface area contributed by atoms with Crippen LogP contribution in [0.5, 0.6) is 0 Å². The molecular formula is C13H10Cl3N. The molecule has 0 amide bonds. The average molecular weight is 287 g/mol. The minimum Gasteiger partial charge on any atom is -0.381 e. The summed E-state index contributed by atoms with van der Waals surface area (Å²) in [6, 6.07) is 13.1. The van der Waals surface area contributed by atoms with Crippen LogP contribution in [0.1, 0.15) is 5.56 Å². The lowest BCUT2D eigenvalue weighted by Gasteiger charge is -2.09. The monoisotopic (exact) mass is 285 g/mol. The van der Waals surface area contributed by atoms with Gasteiger partial charge >= 0.3 is 0 Å². The minimum atomic E-state index is 0.567. The highest BCUT2D eigenvalue weighted by Crippen LogP contribution is 2.26. The molecule has 0 aliphatic heterocycles. The Morgan fingerprint density at radius 1 is 0.941 bits per heavy atom. The Kier molecular flexibility index (Phi) is 4.16. The van der Waals surface area contributed by atoms with Crippen LogP contribution in [0.2, 0.25) is 15.1 Å². The number of halogens is 3. The van der Waals surface area contributed by atoms with Gasteiger partial charge in [0.2, 0.25) is 0 Å². The van der Waals surface area contributed by atoms with E-state index < -0.39 is 0 Å². The first-order chi connectivity index (χ1) is 8.16. The van der Waals surface area contributed by atoms with Crippen molar-refractivity contribution in [1.82, 2.24) is 0 Å². The molecule has 0 aliphatic carbocycles. The number of anilines is 1. The normalized spacial score (nSPS) is 10.3. The van der Waals surface area contributed by atoms with Crippen LogP contribution in [-0.2, 0) is 6.54 Å². The molecule has 1 nitrogen and oxygen atoms in total. The van der Waals surface area contributed by atoms with Crippen LogP contribution in [-0.4, -0.2) is 0 Å². The van der Waals surface area contributed by atoms with E-state index in [4.69, 9.17) is 34.8 Å². The van der Waals surface area contributed by atoms with Gasteiger partial charge in [-0.1, -0.05) is 53.0 Å². The Labute approximate surface area is 115 Å². The molecular weight excluding hydrogens is 277 g/mol. The third kappa shape index (κ3) is 3.29. The van der Waals surface area contributed by atoms with Gasteiger partial charge in [0.15, 0.2) is 0 Å². The number of hydrogen-bond donors (Lipinski definition) is 1. The summed E-state index contributed by atoms with van der Waals surface area (Å²) in [5, 5.41) is 5.10. The zero-order valence-corrected chi connectivity index (χ0v) is 11.2. The highest BCUT2D eigenvalue weighted by molar-refractivity contribution is 6.42. The number of rotatable bonds is 3. The van der Waals surface area contributed by atoms with Gasteiger partial charge in [-0.3, -0.25) is 0 Å². The summed E-state index contributed by atoms with van der Waals surface area (Å²) in [5.74, 6) is 0. The molecule has 0 aromatic heterocycles. The van der Waals surface area contributed by atoms with Crippen molar-refractivity contribution in [2.24, 2.45) is 0 Å². The number of benzene rings is 2. The van der Waals surface area contributed by atoms with Crippen LogP contribution >= 0.6 is 34.8 Å². The second-order valence-electron chi connectivity index (χ2n) is 3.58. The van der Waals surface area contributed by atoms with Crippen LogP contribution in [0.3, 0.4) is 0 Å².